The summed E-state index contributed by atoms with van der Waals surface area (Å²) in [6.45, 7) is 4.13. The van der Waals surface area contributed by atoms with Crippen molar-refractivity contribution >= 4 is 12.1 Å². The van der Waals surface area contributed by atoms with Crippen molar-refractivity contribution in [3.8, 4) is 5.75 Å². The van der Waals surface area contributed by atoms with Gasteiger partial charge in [-0.2, -0.15) is 0 Å². The number of ether oxygens (including phenoxy) is 2. The molecule has 7 heteroatoms. The van der Waals surface area contributed by atoms with E-state index in [9.17, 15) is 9.59 Å². The van der Waals surface area contributed by atoms with Crippen molar-refractivity contribution in [1.29, 1.82) is 0 Å². The summed E-state index contributed by atoms with van der Waals surface area (Å²) in [6.07, 6.45) is 1.64. The Morgan fingerprint density at radius 3 is 2.42 bits per heavy atom. The number of carbonyl (C=O) groups excluding carboxylic acids is 2. The fourth-order valence-electron chi connectivity index (χ4n) is 2.64. The number of hydrogen-bond donors (Lipinski definition) is 0. The second kappa shape index (κ2) is 8.54. The maximum absolute atomic E-state index is 11.7. The molecule has 0 radical (unpaired) electrons. The normalized spacial score (nSPS) is 23.2. The van der Waals surface area contributed by atoms with Crippen molar-refractivity contribution in [1.82, 2.24) is 0 Å². The molecule has 3 atom stereocenters. The van der Waals surface area contributed by atoms with Gasteiger partial charge in [0.1, 0.15) is 11.9 Å². The molecule has 1 aromatic carbocycles. The van der Waals surface area contributed by atoms with Crippen LogP contribution in [0.15, 0.2) is 24.3 Å². The summed E-state index contributed by atoms with van der Waals surface area (Å²) in [5.41, 5.74) is 0.225. The molecule has 0 spiro atoms. The lowest BCUT2D eigenvalue weighted by atomic mass is 9.82. The van der Waals surface area contributed by atoms with E-state index < -0.39 is 12.1 Å². The standard InChI is InChI=1S/C17H22O7/c1-11-4-5-12(2)15(10-11)21-17(19)23-24-22-16(18)13-6-8-14(20-3)9-7-13/h6-9,11-12,15H,4-5,10H2,1-3H3. The maximum atomic E-state index is 11.7. The Bertz CT molecular complexity index is 555. The minimum absolute atomic E-state index is 0.220. The highest BCUT2D eigenvalue weighted by Crippen LogP contribution is 2.30. The van der Waals surface area contributed by atoms with E-state index in [1.165, 1.54) is 19.2 Å². The van der Waals surface area contributed by atoms with Gasteiger partial charge in [0.05, 0.1) is 17.7 Å². The zero-order valence-corrected chi connectivity index (χ0v) is 14.0. The van der Waals surface area contributed by atoms with Crippen molar-refractivity contribution < 1.29 is 33.9 Å². The molecule has 0 heterocycles. The van der Waals surface area contributed by atoms with Crippen LogP contribution in [0.25, 0.3) is 0 Å². The van der Waals surface area contributed by atoms with Gasteiger partial charge >= 0.3 is 12.1 Å². The zero-order valence-electron chi connectivity index (χ0n) is 14.0. The van der Waals surface area contributed by atoms with Gasteiger partial charge in [0.15, 0.2) is 0 Å². The van der Waals surface area contributed by atoms with E-state index in [1.807, 2.05) is 6.92 Å². The summed E-state index contributed by atoms with van der Waals surface area (Å²) in [7, 11) is 1.52. The molecule has 24 heavy (non-hydrogen) atoms. The van der Waals surface area contributed by atoms with E-state index in [-0.39, 0.29) is 17.6 Å². The van der Waals surface area contributed by atoms with Crippen LogP contribution in [-0.4, -0.2) is 25.3 Å². The number of carbonyl (C=O) groups is 2. The first-order valence-electron chi connectivity index (χ1n) is 7.89. The summed E-state index contributed by atoms with van der Waals surface area (Å²) in [5.74, 6) is 0.552. The third-order valence-electron chi connectivity index (χ3n) is 4.17. The Morgan fingerprint density at radius 1 is 1.04 bits per heavy atom. The van der Waals surface area contributed by atoms with Gasteiger partial charge in [-0.05, 0) is 48.9 Å². The first kappa shape index (κ1) is 18.1. The Hall–Kier alpha value is -2.28. The van der Waals surface area contributed by atoms with Crippen LogP contribution in [0.4, 0.5) is 4.79 Å². The minimum atomic E-state index is -1.02. The lowest BCUT2D eigenvalue weighted by Crippen LogP contribution is -2.31. The molecular weight excluding hydrogens is 316 g/mol. The van der Waals surface area contributed by atoms with Crippen LogP contribution in [0.2, 0.25) is 0 Å². The van der Waals surface area contributed by atoms with Crippen LogP contribution >= 0.6 is 0 Å². The first-order chi connectivity index (χ1) is 11.5. The third-order valence-corrected chi connectivity index (χ3v) is 4.17. The molecule has 0 aliphatic heterocycles. The summed E-state index contributed by atoms with van der Waals surface area (Å²) < 4.78 is 10.2. The van der Waals surface area contributed by atoms with Crippen molar-refractivity contribution in [3.63, 3.8) is 0 Å². The molecule has 1 fully saturated rings. The van der Waals surface area contributed by atoms with E-state index in [0.29, 0.717) is 11.7 Å². The summed E-state index contributed by atoms with van der Waals surface area (Å²) in [4.78, 5) is 32.0. The van der Waals surface area contributed by atoms with E-state index in [1.54, 1.807) is 12.1 Å². The Balaban J connectivity index is 1.72. The monoisotopic (exact) mass is 338 g/mol. The molecule has 1 aliphatic carbocycles. The van der Waals surface area contributed by atoms with Gasteiger partial charge < -0.3 is 9.47 Å². The van der Waals surface area contributed by atoms with Crippen molar-refractivity contribution in [2.75, 3.05) is 7.11 Å². The highest BCUT2D eigenvalue weighted by molar-refractivity contribution is 5.89. The van der Waals surface area contributed by atoms with E-state index in [2.05, 4.69) is 21.7 Å². The van der Waals surface area contributed by atoms with Crippen LogP contribution in [0.5, 0.6) is 5.75 Å². The highest BCUT2D eigenvalue weighted by Gasteiger charge is 2.29. The summed E-state index contributed by atoms with van der Waals surface area (Å²) in [5, 5.41) is 4.22. The second-order valence-corrected chi connectivity index (χ2v) is 6.05. The smallest absolute Gasteiger partial charge is 0.497 e. The molecule has 1 aromatic rings. The number of rotatable bonds is 5. The molecule has 0 N–H and O–H groups in total. The van der Waals surface area contributed by atoms with Gasteiger partial charge in [0, 0.05) is 0 Å². The molecule has 0 saturated heterocycles. The molecule has 1 aliphatic rings. The van der Waals surface area contributed by atoms with Crippen molar-refractivity contribution in [2.45, 2.75) is 39.2 Å². The Labute approximate surface area is 140 Å². The number of hydrogen-bond acceptors (Lipinski definition) is 7. The predicted molar refractivity (Wildman–Crippen MR) is 83.0 cm³/mol. The van der Waals surface area contributed by atoms with Gasteiger partial charge in [-0.1, -0.05) is 20.3 Å². The molecule has 7 nitrogen and oxygen atoms in total. The van der Waals surface area contributed by atoms with E-state index >= 15 is 0 Å². The largest absolute Gasteiger partial charge is 0.543 e. The highest BCUT2D eigenvalue weighted by atomic mass is 17.5. The molecule has 2 rings (SSSR count). The van der Waals surface area contributed by atoms with Gasteiger partial charge in [-0.15, -0.1) is 0 Å². The van der Waals surface area contributed by atoms with Crippen LogP contribution < -0.4 is 4.74 Å². The summed E-state index contributed by atoms with van der Waals surface area (Å²) in [6, 6.07) is 6.18. The second-order valence-electron chi connectivity index (χ2n) is 6.05. The van der Waals surface area contributed by atoms with Crippen LogP contribution in [0.3, 0.4) is 0 Å². The molecule has 0 aromatic heterocycles. The molecule has 0 amide bonds. The first-order valence-corrected chi connectivity index (χ1v) is 7.89. The average molecular weight is 338 g/mol. The van der Waals surface area contributed by atoms with Gasteiger partial charge in [0.25, 0.3) is 0 Å². The number of benzene rings is 1. The van der Waals surface area contributed by atoms with E-state index in [4.69, 9.17) is 9.47 Å². The Kier molecular flexibility index (Phi) is 6.43. The average Bonchev–Trinajstić information content (AvgIpc) is 2.58. The van der Waals surface area contributed by atoms with Gasteiger partial charge in [-0.3, -0.25) is 4.89 Å². The van der Waals surface area contributed by atoms with Crippen molar-refractivity contribution in [2.24, 2.45) is 11.8 Å². The lowest BCUT2D eigenvalue weighted by molar-refractivity contribution is -0.453. The van der Waals surface area contributed by atoms with Gasteiger partial charge in [-0.25, -0.2) is 14.5 Å². The fraction of sp³-hybridized carbons (Fsp3) is 0.529. The van der Waals surface area contributed by atoms with Crippen LogP contribution in [0, 0.1) is 11.8 Å². The predicted octanol–water partition coefficient (Wildman–Crippen LogP) is 3.68. The number of methoxy groups -OCH3 is 1. The van der Waals surface area contributed by atoms with Gasteiger partial charge in [0.2, 0.25) is 0 Å². The summed E-state index contributed by atoms with van der Waals surface area (Å²) >= 11 is 0. The lowest BCUT2D eigenvalue weighted by Gasteiger charge is -2.31. The van der Waals surface area contributed by atoms with Crippen LogP contribution in [0.1, 0.15) is 43.5 Å². The molecule has 132 valence electrons. The Morgan fingerprint density at radius 2 is 1.75 bits per heavy atom. The molecule has 3 unspecified atom stereocenters. The fourth-order valence-corrected chi connectivity index (χ4v) is 2.64. The quantitative estimate of drug-likeness (QED) is 0.460. The zero-order chi connectivity index (χ0) is 17.5. The molecular formula is C17H22O7. The van der Waals surface area contributed by atoms with Crippen molar-refractivity contribution in [3.05, 3.63) is 29.8 Å². The topological polar surface area (TPSA) is 80.3 Å². The van der Waals surface area contributed by atoms with Crippen LogP contribution in [-0.2, 0) is 19.6 Å². The molecule has 0 bridgehead atoms. The van der Waals surface area contributed by atoms with E-state index in [0.717, 1.165) is 19.3 Å². The maximum Gasteiger partial charge on any atom is 0.543 e. The minimum Gasteiger partial charge on any atom is -0.497 e. The SMILES string of the molecule is COc1ccc(C(=O)OOOC(=O)OC2CC(C)CCC2C)cc1. The molecule has 1 saturated carbocycles. The third kappa shape index (κ3) is 5.13.